The van der Waals surface area contributed by atoms with Gasteiger partial charge in [0.2, 0.25) is 0 Å². The lowest BCUT2D eigenvalue weighted by atomic mass is 9.51. The van der Waals surface area contributed by atoms with E-state index in [1.54, 1.807) is 6.92 Å². The summed E-state index contributed by atoms with van der Waals surface area (Å²) in [5, 5.41) is 12.8. The highest BCUT2D eigenvalue weighted by atomic mass is 16.6. The zero-order valence-corrected chi connectivity index (χ0v) is 29.3. The second-order valence-electron chi connectivity index (χ2n) is 13.1. The van der Waals surface area contributed by atoms with E-state index in [-0.39, 0.29) is 25.0 Å². The minimum absolute atomic E-state index is 0.0275. The Balaban J connectivity index is 2.57. The molecule has 15 nitrogen and oxygen atoms in total. The number of carbonyl (C=O) groups excluding carboxylic acids is 7. The molecule has 1 saturated carbocycles. The monoisotopic (exact) mass is 694 g/mol. The second kappa shape index (κ2) is 15.1. The van der Waals surface area contributed by atoms with Gasteiger partial charge in [0, 0.05) is 47.5 Å². The van der Waals surface area contributed by atoms with E-state index >= 15 is 0 Å². The standard InChI is InChI=1S/C34H46O15/c1-10-11-28(40)47-26-15-25(45-20(5)37)32(8)24(44-19(4)36)13-12-23(16-43-18(3)35)14-27-34(42,17(2)31(41)48-27)30(46-21(6)38)29(32)33(26,9)49-22(7)39/h12-14,17,24-27,29-30,42H,10-11,15-16H2,1-9H3/b13-12-,23-14+/t17-,24+,25-,26+,27-,29+,30+,32-,33+,34?/m0/s1. The van der Waals surface area contributed by atoms with Gasteiger partial charge < -0.3 is 38.3 Å². The maximum absolute atomic E-state index is 13.3. The van der Waals surface area contributed by atoms with Gasteiger partial charge in [-0.15, -0.1) is 0 Å². The van der Waals surface area contributed by atoms with E-state index in [4.69, 9.17) is 33.2 Å². The van der Waals surface area contributed by atoms with Crippen LogP contribution in [0.4, 0.5) is 0 Å². The highest BCUT2D eigenvalue weighted by Crippen LogP contribution is 2.59. The van der Waals surface area contributed by atoms with Crippen molar-refractivity contribution < 1.29 is 71.8 Å². The molecule has 3 rings (SSSR count). The van der Waals surface area contributed by atoms with Crippen LogP contribution in [-0.2, 0) is 66.7 Å². The van der Waals surface area contributed by atoms with E-state index in [1.165, 1.54) is 45.9 Å². The number of hydrogen-bond donors (Lipinski definition) is 1. The molecule has 3 aliphatic rings. The van der Waals surface area contributed by atoms with Gasteiger partial charge in [0.05, 0.1) is 17.3 Å². The van der Waals surface area contributed by atoms with Crippen LogP contribution in [0.3, 0.4) is 0 Å². The smallest absolute Gasteiger partial charge is 0.312 e. The van der Waals surface area contributed by atoms with Crippen molar-refractivity contribution in [3.63, 3.8) is 0 Å². The minimum Gasteiger partial charge on any atom is -0.462 e. The van der Waals surface area contributed by atoms with Crippen LogP contribution in [0.1, 0.15) is 81.6 Å². The quantitative estimate of drug-likeness (QED) is 0.271. The van der Waals surface area contributed by atoms with Crippen molar-refractivity contribution in [1.82, 2.24) is 0 Å². The highest BCUT2D eigenvalue weighted by molar-refractivity contribution is 5.78. The fourth-order valence-electron chi connectivity index (χ4n) is 7.32. The molecular formula is C34H46O15. The highest BCUT2D eigenvalue weighted by Gasteiger charge is 2.74. The summed E-state index contributed by atoms with van der Waals surface area (Å²) in [7, 11) is 0. The molecule has 2 aliphatic carbocycles. The molecule has 0 bridgehead atoms. The predicted molar refractivity (Wildman–Crippen MR) is 166 cm³/mol. The van der Waals surface area contributed by atoms with Gasteiger partial charge in [0.25, 0.3) is 0 Å². The van der Waals surface area contributed by atoms with Gasteiger partial charge in [-0.1, -0.05) is 19.9 Å². The third-order valence-corrected chi connectivity index (χ3v) is 9.44. The first kappa shape index (κ1) is 39.2. The molecule has 49 heavy (non-hydrogen) atoms. The van der Waals surface area contributed by atoms with Crippen LogP contribution in [0, 0.1) is 17.3 Å². The van der Waals surface area contributed by atoms with Gasteiger partial charge >= 0.3 is 41.8 Å². The topological polar surface area (TPSA) is 204 Å². The van der Waals surface area contributed by atoms with E-state index in [2.05, 4.69) is 0 Å². The SMILES string of the molecule is CCCC(=O)O[C@@H]1C[C@H](OC(C)=O)[C@]2(C)[C@H](OC(C)=O)/C=C\C(COC(C)=O)=C/[C@@H]3OC(=O)[C@H](C)C3(O)[C@H](OC(C)=O)[C@H]2[C@]1(C)OC(C)=O. The molecule has 0 aromatic carbocycles. The Hall–Kier alpha value is -4.27. The van der Waals surface area contributed by atoms with Gasteiger partial charge in [0.1, 0.15) is 31.0 Å². The van der Waals surface area contributed by atoms with Crippen molar-refractivity contribution in [2.24, 2.45) is 17.3 Å². The van der Waals surface area contributed by atoms with Crippen molar-refractivity contribution in [2.45, 2.75) is 123 Å². The number of hydrogen-bond acceptors (Lipinski definition) is 15. The normalized spacial score (nSPS) is 37.0. The lowest BCUT2D eigenvalue weighted by Crippen LogP contribution is -2.75. The third-order valence-electron chi connectivity index (χ3n) is 9.44. The molecule has 0 aromatic heterocycles. The largest absolute Gasteiger partial charge is 0.462 e. The van der Waals surface area contributed by atoms with Crippen LogP contribution < -0.4 is 0 Å². The Morgan fingerprint density at radius 3 is 2.02 bits per heavy atom. The summed E-state index contributed by atoms with van der Waals surface area (Å²) < 4.78 is 40.4. The number of fused-ring (bicyclic) bond motifs is 2. The fraction of sp³-hybridized carbons (Fsp3) is 0.676. The number of ether oxygens (including phenoxy) is 7. The maximum atomic E-state index is 13.3. The number of esters is 7. The van der Waals surface area contributed by atoms with Crippen LogP contribution >= 0.6 is 0 Å². The van der Waals surface area contributed by atoms with Crippen molar-refractivity contribution in [3.8, 4) is 0 Å². The van der Waals surface area contributed by atoms with Gasteiger partial charge in [-0.25, -0.2) is 0 Å². The number of rotatable bonds is 9. The molecule has 0 spiro atoms. The Kier molecular flexibility index (Phi) is 12.1. The summed E-state index contributed by atoms with van der Waals surface area (Å²) >= 11 is 0. The molecule has 2 fully saturated rings. The van der Waals surface area contributed by atoms with E-state index in [0.29, 0.717) is 6.42 Å². The molecule has 0 amide bonds. The zero-order valence-electron chi connectivity index (χ0n) is 29.3. The molecule has 10 atom stereocenters. The summed E-state index contributed by atoms with van der Waals surface area (Å²) in [6.07, 6.45) is -3.34. The Morgan fingerprint density at radius 2 is 1.49 bits per heavy atom. The van der Waals surface area contributed by atoms with Crippen molar-refractivity contribution in [1.29, 1.82) is 0 Å². The predicted octanol–water partition coefficient (Wildman–Crippen LogP) is 2.19. The summed E-state index contributed by atoms with van der Waals surface area (Å²) in [4.78, 5) is 89.4. The molecule has 1 N–H and O–H groups in total. The average molecular weight is 695 g/mol. The van der Waals surface area contributed by atoms with Gasteiger partial charge in [-0.05, 0) is 38.0 Å². The van der Waals surface area contributed by atoms with E-state index in [9.17, 15) is 38.7 Å². The second-order valence-corrected chi connectivity index (χ2v) is 13.1. The van der Waals surface area contributed by atoms with Crippen molar-refractivity contribution in [2.75, 3.05) is 6.61 Å². The summed E-state index contributed by atoms with van der Waals surface area (Å²) in [6, 6.07) is 0. The average Bonchev–Trinajstić information content (AvgIpc) is 3.18. The summed E-state index contributed by atoms with van der Waals surface area (Å²) in [5.74, 6) is -8.57. The first-order chi connectivity index (χ1) is 22.7. The third kappa shape index (κ3) is 7.97. The van der Waals surface area contributed by atoms with Gasteiger partial charge in [-0.2, -0.15) is 0 Å². The molecule has 1 heterocycles. The maximum Gasteiger partial charge on any atom is 0.312 e. The lowest BCUT2D eigenvalue weighted by Gasteiger charge is -2.61. The van der Waals surface area contributed by atoms with E-state index in [1.807, 2.05) is 0 Å². The first-order valence-corrected chi connectivity index (χ1v) is 16.1. The molecule has 0 radical (unpaired) electrons. The first-order valence-electron chi connectivity index (χ1n) is 16.1. The molecular weight excluding hydrogens is 648 g/mol. The Bertz CT molecular complexity index is 1420. The molecule has 0 aromatic rings. The Labute approximate surface area is 284 Å². The number of aliphatic hydroxyl groups is 1. The molecule has 272 valence electrons. The summed E-state index contributed by atoms with van der Waals surface area (Å²) in [6.45, 7) is 11.2. The summed E-state index contributed by atoms with van der Waals surface area (Å²) in [5.41, 5.74) is -6.07. The Morgan fingerprint density at radius 1 is 0.878 bits per heavy atom. The van der Waals surface area contributed by atoms with Gasteiger partial charge in [-0.3, -0.25) is 33.6 Å². The zero-order chi connectivity index (χ0) is 37.1. The number of carbonyl (C=O) groups is 7. The molecule has 1 saturated heterocycles. The van der Waals surface area contributed by atoms with Crippen LogP contribution in [0.15, 0.2) is 23.8 Å². The molecule has 15 heteroatoms. The van der Waals surface area contributed by atoms with Crippen LogP contribution in [0.2, 0.25) is 0 Å². The fourth-order valence-corrected chi connectivity index (χ4v) is 7.32. The lowest BCUT2D eigenvalue weighted by molar-refractivity contribution is -0.290. The van der Waals surface area contributed by atoms with Crippen LogP contribution in [-0.4, -0.2) is 95.2 Å². The van der Waals surface area contributed by atoms with Crippen molar-refractivity contribution >= 4 is 41.8 Å². The van der Waals surface area contributed by atoms with Gasteiger partial charge in [0.15, 0.2) is 17.3 Å². The molecule has 1 unspecified atom stereocenters. The van der Waals surface area contributed by atoms with Crippen LogP contribution in [0.25, 0.3) is 0 Å². The van der Waals surface area contributed by atoms with E-state index in [0.717, 1.165) is 27.7 Å². The van der Waals surface area contributed by atoms with E-state index < -0.39 is 101 Å². The molecule has 1 aliphatic heterocycles. The minimum atomic E-state index is -2.46. The van der Waals surface area contributed by atoms with Crippen LogP contribution in [0.5, 0.6) is 0 Å². The van der Waals surface area contributed by atoms with Crippen molar-refractivity contribution in [3.05, 3.63) is 23.8 Å².